The molecule has 5 nitrogen and oxygen atoms in total. The van der Waals surface area contributed by atoms with Crippen LogP contribution in [0.3, 0.4) is 0 Å². The molecule has 0 fully saturated rings. The molecule has 0 atom stereocenters. The summed E-state index contributed by atoms with van der Waals surface area (Å²) in [6.45, 7) is 0. The Hall–Kier alpha value is -3.77. The van der Waals surface area contributed by atoms with E-state index in [0.717, 1.165) is 16.3 Å². The molecule has 0 aromatic heterocycles. The van der Waals surface area contributed by atoms with Gasteiger partial charge in [0.1, 0.15) is 0 Å². The minimum Gasteiger partial charge on any atom is -0.322 e. The Morgan fingerprint density at radius 2 is 1.48 bits per heavy atom. The van der Waals surface area contributed by atoms with Crippen LogP contribution in [0, 0.1) is 0 Å². The Bertz CT molecular complexity index is 1280. The fourth-order valence-electron chi connectivity index (χ4n) is 3.07. The summed E-state index contributed by atoms with van der Waals surface area (Å²) in [5, 5.41) is 9.12. The first-order valence-corrected chi connectivity index (χ1v) is 10.4. The summed E-state index contributed by atoms with van der Waals surface area (Å²) in [7, 11) is 0. The van der Waals surface area contributed by atoms with E-state index in [9.17, 15) is 9.59 Å². The maximum Gasteiger partial charge on any atom is 0.271 e. The van der Waals surface area contributed by atoms with Crippen LogP contribution in [0.4, 0.5) is 5.69 Å². The van der Waals surface area contributed by atoms with E-state index in [1.165, 1.54) is 0 Å². The zero-order chi connectivity index (χ0) is 21.6. The van der Waals surface area contributed by atoms with Crippen molar-refractivity contribution in [1.29, 1.82) is 0 Å². The first-order valence-electron chi connectivity index (χ1n) is 9.58. The van der Waals surface area contributed by atoms with Gasteiger partial charge < -0.3 is 5.32 Å². The molecule has 152 valence electrons. The van der Waals surface area contributed by atoms with Gasteiger partial charge in [-0.1, -0.05) is 48.5 Å². The molecule has 0 unspecified atom stereocenters. The van der Waals surface area contributed by atoms with Crippen LogP contribution in [-0.4, -0.2) is 18.0 Å². The van der Waals surface area contributed by atoms with E-state index in [-0.39, 0.29) is 11.8 Å². The molecule has 6 heteroatoms. The number of nitrogens with one attached hydrogen (secondary N) is 2. The lowest BCUT2D eigenvalue weighted by molar-refractivity contribution is 0.0954. The predicted molar refractivity (Wildman–Crippen MR) is 128 cm³/mol. The smallest absolute Gasteiger partial charge is 0.271 e. The summed E-state index contributed by atoms with van der Waals surface area (Å²) in [4.78, 5) is 24.7. The van der Waals surface area contributed by atoms with Gasteiger partial charge in [0, 0.05) is 15.7 Å². The molecule has 0 radical (unpaired) electrons. The highest BCUT2D eigenvalue weighted by Gasteiger charge is 2.10. The zero-order valence-electron chi connectivity index (χ0n) is 16.4. The van der Waals surface area contributed by atoms with Crippen LogP contribution >= 0.6 is 15.9 Å². The van der Waals surface area contributed by atoms with Crippen LogP contribution in [0.25, 0.3) is 10.8 Å². The molecular formula is C25H18BrN3O2. The number of fused-ring (bicyclic) bond motifs is 1. The number of hydrazone groups is 1. The predicted octanol–water partition coefficient (Wildman–Crippen LogP) is 5.62. The number of halogens is 1. The molecule has 0 spiro atoms. The van der Waals surface area contributed by atoms with E-state index in [0.29, 0.717) is 21.3 Å². The molecule has 0 saturated heterocycles. The summed E-state index contributed by atoms with van der Waals surface area (Å²) in [6.07, 6.45) is 1.61. The van der Waals surface area contributed by atoms with Gasteiger partial charge in [0.2, 0.25) is 0 Å². The first kappa shape index (κ1) is 20.5. The second-order valence-electron chi connectivity index (χ2n) is 6.82. The number of anilines is 1. The van der Waals surface area contributed by atoms with E-state index in [1.807, 2.05) is 48.5 Å². The van der Waals surface area contributed by atoms with Gasteiger partial charge in [0.15, 0.2) is 0 Å². The van der Waals surface area contributed by atoms with E-state index in [1.54, 1.807) is 48.7 Å². The van der Waals surface area contributed by atoms with Crippen molar-refractivity contribution in [2.45, 2.75) is 0 Å². The van der Waals surface area contributed by atoms with E-state index < -0.39 is 0 Å². The van der Waals surface area contributed by atoms with E-state index >= 15 is 0 Å². The lowest BCUT2D eigenvalue weighted by Crippen LogP contribution is -2.18. The molecule has 4 aromatic rings. The first-order chi connectivity index (χ1) is 15.1. The van der Waals surface area contributed by atoms with Crippen molar-refractivity contribution in [3.05, 3.63) is 112 Å². The second kappa shape index (κ2) is 9.36. The molecule has 2 amide bonds. The van der Waals surface area contributed by atoms with E-state index in [4.69, 9.17) is 0 Å². The van der Waals surface area contributed by atoms with Crippen molar-refractivity contribution in [1.82, 2.24) is 5.43 Å². The fraction of sp³-hybridized carbons (Fsp3) is 0. The summed E-state index contributed by atoms with van der Waals surface area (Å²) < 4.78 is 0.716. The van der Waals surface area contributed by atoms with Gasteiger partial charge in [0.25, 0.3) is 11.8 Å². The molecule has 4 rings (SSSR count). The molecule has 0 aliphatic carbocycles. The van der Waals surface area contributed by atoms with Gasteiger partial charge in [-0.05, 0) is 74.7 Å². The van der Waals surface area contributed by atoms with Gasteiger partial charge in [0.05, 0.1) is 11.8 Å². The SMILES string of the molecule is O=C(NN=Cc1ccc2ccccc2c1)c1ccc(NC(=O)c2ccccc2Br)cc1. The fourth-order valence-corrected chi connectivity index (χ4v) is 3.53. The van der Waals surface area contributed by atoms with Gasteiger partial charge in [-0.15, -0.1) is 0 Å². The number of benzene rings is 4. The number of hydrogen-bond donors (Lipinski definition) is 2. The number of amides is 2. The van der Waals surface area contributed by atoms with Crippen molar-refractivity contribution in [3.63, 3.8) is 0 Å². The van der Waals surface area contributed by atoms with Crippen LogP contribution in [-0.2, 0) is 0 Å². The quantitative estimate of drug-likeness (QED) is 0.293. The van der Waals surface area contributed by atoms with Crippen LogP contribution in [0.5, 0.6) is 0 Å². The largest absolute Gasteiger partial charge is 0.322 e. The minimum atomic E-state index is -0.333. The summed E-state index contributed by atoms with van der Waals surface area (Å²) >= 11 is 3.37. The third-order valence-electron chi connectivity index (χ3n) is 4.68. The molecule has 0 aliphatic heterocycles. The highest BCUT2D eigenvalue weighted by atomic mass is 79.9. The average molecular weight is 472 g/mol. The van der Waals surface area contributed by atoms with Gasteiger partial charge in [-0.3, -0.25) is 9.59 Å². The molecule has 0 heterocycles. The molecule has 0 saturated carbocycles. The third-order valence-corrected chi connectivity index (χ3v) is 5.37. The minimum absolute atomic E-state index is 0.232. The Balaban J connectivity index is 1.37. The molecule has 2 N–H and O–H groups in total. The molecular weight excluding hydrogens is 454 g/mol. The van der Waals surface area contributed by atoms with Crippen molar-refractivity contribution < 1.29 is 9.59 Å². The summed E-state index contributed by atoms with van der Waals surface area (Å²) in [6, 6.07) is 27.8. The Labute approximate surface area is 187 Å². The number of carbonyl (C=O) groups excluding carboxylic acids is 2. The lowest BCUT2D eigenvalue weighted by Gasteiger charge is -2.07. The molecule has 4 aromatic carbocycles. The highest BCUT2D eigenvalue weighted by Crippen LogP contribution is 2.18. The van der Waals surface area contributed by atoms with Crippen LogP contribution in [0.1, 0.15) is 26.3 Å². The molecule has 31 heavy (non-hydrogen) atoms. The summed E-state index contributed by atoms with van der Waals surface area (Å²) in [5.74, 6) is -0.564. The highest BCUT2D eigenvalue weighted by molar-refractivity contribution is 9.10. The second-order valence-corrected chi connectivity index (χ2v) is 7.67. The monoisotopic (exact) mass is 471 g/mol. The zero-order valence-corrected chi connectivity index (χ0v) is 18.0. The normalized spacial score (nSPS) is 10.9. The van der Waals surface area contributed by atoms with Crippen LogP contribution in [0.2, 0.25) is 0 Å². The van der Waals surface area contributed by atoms with Crippen LogP contribution in [0.15, 0.2) is 101 Å². The summed E-state index contributed by atoms with van der Waals surface area (Å²) in [5.41, 5.74) is 4.99. The topological polar surface area (TPSA) is 70.6 Å². The van der Waals surface area contributed by atoms with Crippen molar-refractivity contribution >= 4 is 50.4 Å². The number of rotatable bonds is 5. The number of nitrogens with zero attached hydrogens (tertiary/aromatic N) is 1. The van der Waals surface area contributed by atoms with Crippen molar-refractivity contribution in [2.75, 3.05) is 5.32 Å². The van der Waals surface area contributed by atoms with Gasteiger partial charge in [-0.2, -0.15) is 5.10 Å². The van der Waals surface area contributed by atoms with E-state index in [2.05, 4.69) is 31.8 Å². The van der Waals surface area contributed by atoms with Crippen molar-refractivity contribution in [2.24, 2.45) is 5.10 Å². The van der Waals surface area contributed by atoms with Gasteiger partial charge >= 0.3 is 0 Å². The Morgan fingerprint density at radius 3 is 2.26 bits per heavy atom. The Kier molecular flexibility index (Phi) is 6.19. The average Bonchev–Trinajstić information content (AvgIpc) is 2.79. The maximum atomic E-state index is 12.4. The van der Waals surface area contributed by atoms with Crippen molar-refractivity contribution in [3.8, 4) is 0 Å². The lowest BCUT2D eigenvalue weighted by atomic mass is 10.1. The van der Waals surface area contributed by atoms with Crippen LogP contribution < -0.4 is 10.7 Å². The molecule has 0 bridgehead atoms. The number of hydrogen-bond acceptors (Lipinski definition) is 3. The standard InChI is InChI=1S/C25H18BrN3O2/c26-23-8-4-3-7-22(23)25(31)28-21-13-11-19(12-14-21)24(30)29-27-16-17-9-10-18-5-1-2-6-20(18)15-17/h1-16H,(H,28,31)(H,29,30). The molecule has 0 aliphatic rings. The van der Waals surface area contributed by atoms with Gasteiger partial charge in [-0.25, -0.2) is 5.43 Å². The Morgan fingerprint density at radius 1 is 0.774 bits per heavy atom. The third kappa shape index (κ3) is 5.05. The maximum absolute atomic E-state index is 12.4. The number of carbonyl (C=O) groups is 2.